The van der Waals surface area contributed by atoms with Crippen molar-refractivity contribution in [2.24, 2.45) is 5.92 Å². The Balaban J connectivity index is 1.35. The molecule has 2 aromatic rings. The molecule has 0 N–H and O–H groups in total. The van der Waals surface area contributed by atoms with Crippen LogP contribution in [-0.4, -0.2) is 51.7 Å². The normalized spacial score (nSPS) is 21.2. The van der Waals surface area contributed by atoms with Gasteiger partial charge >= 0.3 is 0 Å². The number of aromatic nitrogens is 3. The summed E-state index contributed by atoms with van der Waals surface area (Å²) in [6.07, 6.45) is 7.11. The van der Waals surface area contributed by atoms with Crippen LogP contribution in [-0.2, 0) is 16.0 Å². The molecule has 1 unspecified atom stereocenters. The van der Waals surface area contributed by atoms with Crippen LogP contribution in [0.15, 0.2) is 28.9 Å². The lowest BCUT2D eigenvalue weighted by atomic mass is 9.97. The second kappa shape index (κ2) is 7.95. The number of carbonyl (C=O) groups excluding carboxylic acids is 1. The molecule has 0 aromatic carbocycles. The van der Waals surface area contributed by atoms with Gasteiger partial charge in [-0.3, -0.25) is 9.78 Å². The van der Waals surface area contributed by atoms with Crippen molar-refractivity contribution in [2.75, 3.05) is 19.8 Å². The summed E-state index contributed by atoms with van der Waals surface area (Å²) in [5.74, 6) is 1.56. The van der Waals surface area contributed by atoms with E-state index in [1.54, 1.807) is 6.20 Å². The fourth-order valence-corrected chi connectivity index (χ4v) is 3.85. The van der Waals surface area contributed by atoms with Gasteiger partial charge in [0.15, 0.2) is 5.82 Å². The molecule has 2 fully saturated rings. The summed E-state index contributed by atoms with van der Waals surface area (Å²) in [4.78, 5) is 23.6. The van der Waals surface area contributed by atoms with Crippen LogP contribution in [0.3, 0.4) is 0 Å². The molecule has 4 heterocycles. The number of nitrogens with zero attached hydrogens (tertiary/aromatic N) is 4. The maximum atomic E-state index is 12.8. The molecule has 0 bridgehead atoms. The van der Waals surface area contributed by atoms with Gasteiger partial charge in [-0.15, -0.1) is 0 Å². The zero-order valence-corrected chi connectivity index (χ0v) is 14.8. The molecule has 7 heteroatoms. The Morgan fingerprint density at radius 3 is 2.92 bits per heavy atom. The van der Waals surface area contributed by atoms with Crippen LogP contribution in [0.5, 0.6) is 0 Å². The fourth-order valence-electron chi connectivity index (χ4n) is 3.85. The Labute approximate surface area is 152 Å². The first-order chi connectivity index (χ1) is 12.8. The van der Waals surface area contributed by atoms with Crippen molar-refractivity contribution < 1.29 is 14.1 Å². The third-order valence-corrected chi connectivity index (χ3v) is 5.28. The van der Waals surface area contributed by atoms with Crippen molar-refractivity contribution in [1.29, 1.82) is 0 Å². The molecule has 0 spiro atoms. The Morgan fingerprint density at radius 1 is 1.23 bits per heavy atom. The molecule has 138 valence electrons. The molecule has 0 radical (unpaired) electrons. The Morgan fingerprint density at radius 2 is 2.12 bits per heavy atom. The van der Waals surface area contributed by atoms with Gasteiger partial charge in [0.2, 0.25) is 5.91 Å². The number of rotatable bonds is 5. The number of hydrogen-bond acceptors (Lipinski definition) is 6. The van der Waals surface area contributed by atoms with Crippen LogP contribution in [0.2, 0.25) is 0 Å². The molecule has 2 aliphatic heterocycles. The molecule has 1 atom stereocenters. The second-order valence-corrected chi connectivity index (χ2v) is 6.98. The van der Waals surface area contributed by atoms with E-state index in [0.29, 0.717) is 43.0 Å². The quantitative estimate of drug-likeness (QED) is 0.819. The minimum atomic E-state index is 0.130. The highest BCUT2D eigenvalue weighted by Crippen LogP contribution is 2.27. The first-order valence-corrected chi connectivity index (χ1v) is 9.43. The summed E-state index contributed by atoms with van der Waals surface area (Å²) in [6.45, 7) is 2.27. The van der Waals surface area contributed by atoms with Gasteiger partial charge < -0.3 is 14.2 Å². The zero-order chi connectivity index (χ0) is 17.8. The first-order valence-electron chi connectivity index (χ1n) is 9.43. The predicted molar refractivity (Wildman–Crippen MR) is 94.1 cm³/mol. The van der Waals surface area contributed by atoms with Crippen LogP contribution < -0.4 is 0 Å². The van der Waals surface area contributed by atoms with E-state index in [2.05, 4.69) is 20.0 Å². The van der Waals surface area contributed by atoms with Crippen molar-refractivity contribution in [3.8, 4) is 11.6 Å². The van der Waals surface area contributed by atoms with E-state index in [-0.39, 0.29) is 12.0 Å². The van der Waals surface area contributed by atoms with Gasteiger partial charge in [0, 0.05) is 44.3 Å². The van der Waals surface area contributed by atoms with Gasteiger partial charge in [-0.2, -0.15) is 4.98 Å². The molecule has 0 aliphatic carbocycles. The smallest absolute Gasteiger partial charge is 0.276 e. The lowest BCUT2D eigenvalue weighted by Gasteiger charge is -2.30. The van der Waals surface area contributed by atoms with Gasteiger partial charge in [-0.1, -0.05) is 11.2 Å². The molecule has 7 nitrogen and oxygen atoms in total. The fraction of sp³-hybridized carbons (Fsp3) is 0.579. The zero-order valence-electron chi connectivity index (χ0n) is 14.8. The van der Waals surface area contributed by atoms with E-state index >= 15 is 0 Å². The van der Waals surface area contributed by atoms with Crippen molar-refractivity contribution in [3.63, 3.8) is 0 Å². The van der Waals surface area contributed by atoms with Gasteiger partial charge in [0.25, 0.3) is 5.89 Å². The molecule has 4 rings (SSSR count). The molecule has 1 amide bonds. The molecule has 0 saturated carbocycles. The average molecular weight is 356 g/mol. The summed E-state index contributed by atoms with van der Waals surface area (Å²) in [5, 5.41) is 4.07. The van der Waals surface area contributed by atoms with Crippen molar-refractivity contribution in [2.45, 2.75) is 44.6 Å². The van der Waals surface area contributed by atoms with Crippen LogP contribution in [0.4, 0.5) is 0 Å². The summed E-state index contributed by atoms with van der Waals surface area (Å²) in [6, 6.07) is 5.87. The lowest BCUT2D eigenvalue weighted by Crippen LogP contribution is -2.41. The molecule has 2 aliphatic rings. The van der Waals surface area contributed by atoms with Crippen LogP contribution in [0.25, 0.3) is 11.6 Å². The van der Waals surface area contributed by atoms with Crippen LogP contribution in [0, 0.1) is 5.92 Å². The summed E-state index contributed by atoms with van der Waals surface area (Å²) in [7, 11) is 0. The molecular weight excluding hydrogens is 332 g/mol. The standard InChI is InChI=1S/C19H24N4O3/c24-19(14-8-12-25-13-9-14)23-11-3-4-15(23)6-7-17-21-18(26-22-17)16-5-1-2-10-20-16/h1-2,5,10,14-15H,3-4,6-9,11-13H2. The number of pyridine rings is 1. The van der Waals surface area contributed by atoms with Crippen LogP contribution >= 0.6 is 0 Å². The van der Waals surface area contributed by atoms with E-state index in [9.17, 15) is 4.79 Å². The highest BCUT2D eigenvalue weighted by molar-refractivity contribution is 5.79. The summed E-state index contributed by atoms with van der Waals surface area (Å²) in [5.41, 5.74) is 0.684. The average Bonchev–Trinajstić information content (AvgIpc) is 3.36. The van der Waals surface area contributed by atoms with Gasteiger partial charge in [-0.05, 0) is 44.2 Å². The number of amides is 1. The van der Waals surface area contributed by atoms with Crippen molar-refractivity contribution >= 4 is 5.91 Å². The van der Waals surface area contributed by atoms with E-state index in [0.717, 1.165) is 38.6 Å². The summed E-state index contributed by atoms with van der Waals surface area (Å²) < 4.78 is 10.7. The van der Waals surface area contributed by atoms with Gasteiger partial charge in [0.05, 0.1) is 0 Å². The third kappa shape index (κ3) is 3.77. The topological polar surface area (TPSA) is 81.4 Å². The number of aryl methyl sites for hydroxylation is 1. The summed E-state index contributed by atoms with van der Waals surface area (Å²) >= 11 is 0. The van der Waals surface area contributed by atoms with Gasteiger partial charge in [-0.25, -0.2) is 0 Å². The van der Waals surface area contributed by atoms with E-state index in [1.807, 2.05) is 18.2 Å². The SMILES string of the molecule is O=C(C1CCOCC1)N1CCCC1CCc1noc(-c2ccccn2)n1. The Hall–Kier alpha value is -2.28. The molecular formula is C19H24N4O3. The Kier molecular flexibility index (Phi) is 5.24. The Bertz CT molecular complexity index is 727. The van der Waals surface area contributed by atoms with Gasteiger partial charge in [0.1, 0.15) is 5.69 Å². The maximum absolute atomic E-state index is 12.8. The first kappa shape index (κ1) is 17.1. The monoisotopic (exact) mass is 356 g/mol. The minimum absolute atomic E-state index is 0.130. The lowest BCUT2D eigenvalue weighted by molar-refractivity contribution is -0.139. The van der Waals surface area contributed by atoms with E-state index in [1.165, 1.54) is 0 Å². The molecule has 2 saturated heterocycles. The number of ether oxygens (including phenoxy) is 1. The molecule has 2 aromatic heterocycles. The van der Waals surface area contributed by atoms with Crippen molar-refractivity contribution in [3.05, 3.63) is 30.2 Å². The van der Waals surface area contributed by atoms with Crippen LogP contribution in [0.1, 0.15) is 37.9 Å². The van der Waals surface area contributed by atoms with E-state index < -0.39 is 0 Å². The van der Waals surface area contributed by atoms with Crippen molar-refractivity contribution in [1.82, 2.24) is 20.0 Å². The maximum Gasteiger partial charge on any atom is 0.276 e. The number of carbonyl (C=O) groups is 1. The molecule has 26 heavy (non-hydrogen) atoms. The highest BCUT2D eigenvalue weighted by Gasteiger charge is 2.33. The highest BCUT2D eigenvalue weighted by atomic mass is 16.5. The predicted octanol–water partition coefficient (Wildman–Crippen LogP) is 2.48. The largest absolute Gasteiger partial charge is 0.381 e. The number of hydrogen-bond donors (Lipinski definition) is 0. The number of likely N-dealkylation sites (tertiary alicyclic amines) is 1. The minimum Gasteiger partial charge on any atom is -0.381 e. The second-order valence-electron chi connectivity index (χ2n) is 6.98. The third-order valence-electron chi connectivity index (χ3n) is 5.28. The van der Waals surface area contributed by atoms with E-state index in [4.69, 9.17) is 9.26 Å².